The number of hydrogen-bond donors (Lipinski definition) is 1. The molecular weight excluding hydrogens is 400 g/mol. The quantitative estimate of drug-likeness (QED) is 0.685. The average molecular weight is 426 g/mol. The summed E-state index contributed by atoms with van der Waals surface area (Å²) in [5.41, 5.74) is 3.10. The fourth-order valence-corrected chi connectivity index (χ4v) is 3.55. The van der Waals surface area contributed by atoms with Crippen LogP contribution in [0.3, 0.4) is 0 Å². The van der Waals surface area contributed by atoms with E-state index in [1.165, 1.54) is 19.1 Å². The van der Waals surface area contributed by atoms with Crippen LogP contribution < -0.4 is 19.7 Å². The highest BCUT2D eigenvalue weighted by molar-refractivity contribution is 6.01. The van der Waals surface area contributed by atoms with Crippen LogP contribution in [0.2, 0.25) is 0 Å². The molecule has 1 aliphatic rings. The Kier molecular flexibility index (Phi) is 6.79. The van der Waals surface area contributed by atoms with Crippen molar-refractivity contribution < 1.29 is 28.6 Å². The minimum absolute atomic E-state index is 0.00649. The van der Waals surface area contributed by atoms with E-state index >= 15 is 0 Å². The zero-order chi connectivity index (χ0) is 22.5. The van der Waals surface area contributed by atoms with Crippen LogP contribution >= 0.6 is 0 Å². The van der Waals surface area contributed by atoms with E-state index in [1.807, 2.05) is 32.0 Å². The molecule has 0 spiro atoms. The van der Waals surface area contributed by atoms with Crippen molar-refractivity contribution in [2.45, 2.75) is 20.3 Å². The van der Waals surface area contributed by atoms with Gasteiger partial charge in [-0.05, 0) is 37.1 Å². The maximum Gasteiger partial charge on any atom is 0.311 e. The normalized spacial score (nSPS) is 15.5. The molecule has 2 amide bonds. The summed E-state index contributed by atoms with van der Waals surface area (Å²) < 4.78 is 15.7. The lowest BCUT2D eigenvalue weighted by Crippen LogP contribution is -2.28. The van der Waals surface area contributed by atoms with Crippen LogP contribution in [0.25, 0.3) is 0 Å². The number of aryl methyl sites for hydroxylation is 2. The first-order valence-electron chi connectivity index (χ1n) is 9.89. The van der Waals surface area contributed by atoms with Gasteiger partial charge in [-0.1, -0.05) is 18.2 Å². The largest absolute Gasteiger partial charge is 0.497 e. The maximum atomic E-state index is 12.5. The molecule has 0 aromatic heterocycles. The summed E-state index contributed by atoms with van der Waals surface area (Å²) in [7, 11) is 3.04. The van der Waals surface area contributed by atoms with E-state index in [0.717, 1.165) is 11.1 Å². The molecule has 3 rings (SSSR count). The van der Waals surface area contributed by atoms with Gasteiger partial charge in [0.05, 0.1) is 25.8 Å². The van der Waals surface area contributed by atoms with E-state index in [0.29, 0.717) is 22.9 Å². The average Bonchev–Trinajstić information content (AvgIpc) is 3.15. The molecule has 1 aliphatic heterocycles. The molecule has 0 unspecified atom stereocenters. The van der Waals surface area contributed by atoms with Gasteiger partial charge in [-0.3, -0.25) is 14.4 Å². The van der Waals surface area contributed by atoms with Crippen LogP contribution in [0.15, 0.2) is 36.4 Å². The van der Waals surface area contributed by atoms with Gasteiger partial charge in [0.1, 0.15) is 11.5 Å². The first-order chi connectivity index (χ1) is 14.8. The first kappa shape index (κ1) is 22.1. The summed E-state index contributed by atoms with van der Waals surface area (Å²) in [4.78, 5) is 38.7. The summed E-state index contributed by atoms with van der Waals surface area (Å²) in [6.45, 7) is 3.52. The van der Waals surface area contributed by atoms with Gasteiger partial charge < -0.3 is 24.4 Å². The number of ether oxygens (including phenoxy) is 3. The number of anilines is 2. The topological polar surface area (TPSA) is 94.2 Å². The minimum atomic E-state index is -0.660. The Bertz CT molecular complexity index is 983. The Balaban J connectivity index is 1.60. The van der Waals surface area contributed by atoms with Gasteiger partial charge in [0.25, 0.3) is 5.91 Å². The number of para-hydroxylation sites is 1. The van der Waals surface area contributed by atoms with Crippen LogP contribution in [-0.2, 0) is 19.1 Å². The highest BCUT2D eigenvalue weighted by atomic mass is 16.5. The summed E-state index contributed by atoms with van der Waals surface area (Å²) in [6.07, 6.45) is 0.00649. The Hall–Kier alpha value is -3.55. The predicted octanol–water partition coefficient (Wildman–Crippen LogP) is 2.86. The lowest BCUT2D eigenvalue weighted by Gasteiger charge is -2.20. The minimum Gasteiger partial charge on any atom is -0.497 e. The monoisotopic (exact) mass is 426 g/mol. The van der Waals surface area contributed by atoms with Gasteiger partial charge in [0.2, 0.25) is 5.91 Å². The van der Waals surface area contributed by atoms with Crippen LogP contribution in [0.1, 0.15) is 17.5 Å². The molecule has 8 heteroatoms. The molecule has 1 fully saturated rings. The van der Waals surface area contributed by atoms with Crippen molar-refractivity contribution in [1.29, 1.82) is 0 Å². The second-order valence-electron chi connectivity index (χ2n) is 7.37. The zero-order valence-corrected chi connectivity index (χ0v) is 18.1. The predicted molar refractivity (Wildman–Crippen MR) is 116 cm³/mol. The number of nitrogens with zero attached hydrogens (tertiary/aromatic N) is 1. The standard InChI is InChI=1S/C23H26N2O6/c1-14-6-5-7-15(2)22(14)24-20(26)13-31-23(28)16-10-21(27)25(12-16)18-9-8-17(29-3)11-19(18)30-4/h5-9,11,16H,10,12-13H2,1-4H3,(H,24,26)/t16-/m0/s1. The van der Waals surface area contributed by atoms with Crippen molar-refractivity contribution in [2.24, 2.45) is 5.92 Å². The second kappa shape index (κ2) is 9.51. The number of rotatable bonds is 7. The van der Waals surface area contributed by atoms with Gasteiger partial charge in [-0.2, -0.15) is 0 Å². The highest BCUT2D eigenvalue weighted by Crippen LogP contribution is 2.36. The van der Waals surface area contributed by atoms with Crippen molar-refractivity contribution in [3.05, 3.63) is 47.5 Å². The fourth-order valence-electron chi connectivity index (χ4n) is 3.55. The van der Waals surface area contributed by atoms with Crippen molar-refractivity contribution >= 4 is 29.2 Å². The van der Waals surface area contributed by atoms with Crippen molar-refractivity contribution in [2.75, 3.05) is 37.6 Å². The molecule has 0 radical (unpaired) electrons. The summed E-state index contributed by atoms with van der Waals surface area (Å²) in [5.74, 6) is -0.825. The zero-order valence-electron chi connectivity index (χ0n) is 18.1. The van der Waals surface area contributed by atoms with Gasteiger partial charge >= 0.3 is 5.97 Å². The van der Waals surface area contributed by atoms with E-state index in [2.05, 4.69) is 5.32 Å². The molecule has 2 aromatic carbocycles. The number of methoxy groups -OCH3 is 2. The Morgan fingerprint density at radius 1 is 1.10 bits per heavy atom. The Labute approximate surface area is 181 Å². The van der Waals surface area contributed by atoms with Gasteiger partial charge in [0, 0.05) is 24.7 Å². The van der Waals surface area contributed by atoms with Crippen LogP contribution in [-0.4, -0.2) is 45.2 Å². The molecule has 2 aromatic rings. The number of benzene rings is 2. The molecule has 164 valence electrons. The molecule has 1 heterocycles. The van der Waals surface area contributed by atoms with Gasteiger partial charge in [-0.25, -0.2) is 0 Å². The van der Waals surface area contributed by atoms with E-state index in [4.69, 9.17) is 14.2 Å². The molecule has 0 aliphatic carbocycles. The van der Waals surface area contributed by atoms with E-state index in [9.17, 15) is 14.4 Å². The van der Waals surface area contributed by atoms with E-state index in [1.54, 1.807) is 18.2 Å². The molecular formula is C23H26N2O6. The molecule has 0 bridgehead atoms. The third-order valence-corrected chi connectivity index (χ3v) is 5.23. The summed E-state index contributed by atoms with van der Waals surface area (Å²) >= 11 is 0. The van der Waals surface area contributed by atoms with Crippen LogP contribution in [0.4, 0.5) is 11.4 Å². The lowest BCUT2D eigenvalue weighted by molar-refractivity contribution is -0.151. The number of hydrogen-bond acceptors (Lipinski definition) is 6. The summed E-state index contributed by atoms with van der Waals surface area (Å²) in [5, 5.41) is 2.77. The molecule has 1 N–H and O–H groups in total. The van der Waals surface area contributed by atoms with E-state index < -0.39 is 24.4 Å². The molecule has 8 nitrogen and oxygen atoms in total. The molecule has 0 saturated carbocycles. The summed E-state index contributed by atoms with van der Waals surface area (Å²) in [6, 6.07) is 10.8. The Morgan fingerprint density at radius 3 is 2.45 bits per heavy atom. The lowest BCUT2D eigenvalue weighted by atomic mass is 10.1. The fraction of sp³-hybridized carbons (Fsp3) is 0.348. The van der Waals surface area contributed by atoms with Crippen LogP contribution in [0, 0.1) is 19.8 Å². The number of carbonyl (C=O) groups is 3. The van der Waals surface area contributed by atoms with Crippen LogP contribution in [0.5, 0.6) is 11.5 Å². The van der Waals surface area contributed by atoms with Gasteiger partial charge in [-0.15, -0.1) is 0 Å². The molecule has 1 atom stereocenters. The smallest absolute Gasteiger partial charge is 0.311 e. The van der Waals surface area contributed by atoms with Crippen molar-refractivity contribution in [1.82, 2.24) is 0 Å². The van der Waals surface area contributed by atoms with Crippen molar-refractivity contribution in [3.63, 3.8) is 0 Å². The van der Waals surface area contributed by atoms with Gasteiger partial charge in [0.15, 0.2) is 6.61 Å². The van der Waals surface area contributed by atoms with E-state index in [-0.39, 0.29) is 18.9 Å². The Morgan fingerprint density at radius 2 is 1.81 bits per heavy atom. The maximum absolute atomic E-state index is 12.5. The third-order valence-electron chi connectivity index (χ3n) is 5.23. The third kappa shape index (κ3) is 4.96. The highest BCUT2D eigenvalue weighted by Gasteiger charge is 2.37. The number of amides is 2. The SMILES string of the molecule is COc1ccc(N2C[C@@H](C(=O)OCC(=O)Nc3c(C)cccc3C)CC2=O)c(OC)c1. The second-order valence-corrected chi connectivity index (χ2v) is 7.37. The molecule has 31 heavy (non-hydrogen) atoms. The number of esters is 1. The first-order valence-corrected chi connectivity index (χ1v) is 9.89. The number of carbonyl (C=O) groups excluding carboxylic acids is 3. The number of nitrogens with one attached hydrogen (secondary N) is 1. The molecule has 1 saturated heterocycles. The van der Waals surface area contributed by atoms with Crippen molar-refractivity contribution in [3.8, 4) is 11.5 Å².